The van der Waals surface area contributed by atoms with Crippen molar-refractivity contribution in [2.75, 3.05) is 6.61 Å². The van der Waals surface area contributed by atoms with E-state index in [2.05, 4.69) is 4.98 Å². The average Bonchev–Trinajstić information content (AvgIpc) is 2.39. The standard InChI is InChI=1S/C13H14N2O3S/c1-9(6-8-16)19-12-5-4-11(15(17)18)13-10(12)3-2-7-14-13/h2-5,7,9,16H,6,8H2,1H3. The quantitative estimate of drug-likeness (QED) is 0.517. The summed E-state index contributed by atoms with van der Waals surface area (Å²) in [5.41, 5.74) is 0.434. The zero-order chi connectivity index (χ0) is 13.8. The lowest BCUT2D eigenvalue weighted by molar-refractivity contribution is -0.383. The molecular weight excluding hydrogens is 264 g/mol. The number of nitro groups is 1. The molecule has 0 aliphatic rings. The second-order valence-corrected chi connectivity index (χ2v) is 5.66. The second-order valence-electron chi connectivity index (χ2n) is 4.18. The van der Waals surface area contributed by atoms with Crippen molar-refractivity contribution in [1.82, 2.24) is 4.98 Å². The van der Waals surface area contributed by atoms with Gasteiger partial charge in [0, 0.05) is 34.4 Å². The molecule has 0 aliphatic carbocycles. The molecule has 2 aromatic rings. The molecule has 0 radical (unpaired) electrons. The highest BCUT2D eigenvalue weighted by atomic mass is 32.2. The van der Waals surface area contributed by atoms with Gasteiger partial charge in [0.1, 0.15) is 5.52 Å². The van der Waals surface area contributed by atoms with E-state index in [0.717, 1.165) is 10.3 Å². The van der Waals surface area contributed by atoms with E-state index >= 15 is 0 Å². The van der Waals surface area contributed by atoms with Gasteiger partial charge in [0.25, 0.3) is 5.69 Å². The number of hydrogen-bond acceptors (Lipinski definition) is 5. The minimum absolute atomic E-state index is 0.0229. The maximum absolute atomic E-state index is 11.0. The molecule has 0 bridgehead atoms. The van der Waals surface area contributed by atoms with Crippen LogP contribution < -0.4 is 0 Å². The topological polar surface area (TPSA) is 76.3 Å². The Balaban J connectivity index is 2.46. The van der Waals surface area contributed by atoms with Gasteiger partial charge in [0.15, 0.2) is 0 Å². The monoisotopic (exact) mass is 278 g/mol. The van der Waals surface area contributed by atoms with Crippen LogP contribution in [0.4, 0.5) is 5.69 Å². The van der Waals surface area contributed by atoms with E-state index in [1.54, 1.807) is 30.1 Å². The number of nitrogens with zero attached hydrogens (tertiary/aromatic N) is 2. The molecule has 100 valence electrons. The van der Waals surface area contributed by atoms with E-state index in [1.165, 1.54) is 6.07 Å². The van der Waals surface area contributed by atoms with Gasteiger partial charge in [0.2, 0.25) is 0 Å². The lowest BCUT2D eigenvalue weighted by atomic mass is 10.2. The van der Waals surface area contributed by atoms with Crippen LogP contribution in [-0.4, -0.2) is 26.9 Å². The van der Waals surface area contributed by atoms with Gasteiger partial charge in [-0.05, 0) is 24.6 Å². The molecule has 1 heterocycles. The summed E-state index contributed by atoms with van der Waals surface area (Å²) in [5.74, 6) is 0. The third kappa shape index (κ3) is 3.02. The minimum atomic E-state index is -0.416. The SMILES string of the molecule is CC(CCO)Sc1ccc([N+](=O)[O-])c2ncccc12. The number of nitro benzene ring substituents is 1. The van der Waals surface area contributed by atoms with Gasteiger partial charge in [-0.2, -0.15) is 0 Å². The molecule has 1 aromatic heterocycles. The lowest BCUT2D eigenvalue weighted by Gasteiger charge is -2.11. The molecule has 2 rings (SSSR count). The number of thioether (sulfide) groups is 1. The van der Waals surface area contributed by atoms with Gasteiger partial charge in [-0.15, -0.1) is 11.8 Å². The first kappa shape index (κ1) is 13.8. The van der Waals surface area contributed by atoms with Crippen molar-refractivity contribution in [3.05, 3.63) is 40.6 Å². The molecule has 0 saturated heterocycles. The molecule has 1 unspecified atom stereocenters. The molecular formula is C13H14N2O3S. The van der Waals surface area contributed by atoms with Crippen LogP contribution in [0.1, 0.15) is 13.3 Å². The lowest BCUT2D eigenvalue weighted by Crippen LogP contribution is -2.00. The molecule has 6 heteroatoms. The van der Waals surface area contributed by atoms with E-state index in [-0.39, 0.29) is 17.5 Å². The summed E-state index contributed by atoms with van der Waals surface area (Å²) in [4.78, 5) is 15.6. The Kier molecular flexibility index (Phi) is 4.34. The van der Waals surface area contributed by atoms with Crippen LogP contribution in [0, 0.1) is 10.1 Å². The Morgan fingerprint density at radius 3 is 2.95 bits per heavy atom. The second kappa shape index (κ2) is 5.99. The fraction of sp³-hybridized carbons (Fsp3) is 0.308. The number of rotatable bonds is 5. The van der Waals surface area contributed by atoms with E-state index in [4.69, 9.17) is 5.11 Å². The summed E-state index contributed by atoms with van der Waals surface area (Å²) in [6.45, 7) is 2.15. The van der Waals surface area contributed by atoms with Crippen molar-refractivity contribution in [1.29, 1.82) is 0 Å². The first-order valence-corrected chi connectivity index (χ1v) is 6.81. The number of pyridine rings is 1. The number of non-ortho nitro benzene ring substituents is 1. The van der Waals surface area contributed by atoms with Gasteiger partial charge >= 0.3 is 0 Å². The van der Waals surface area contributed by atoms with E-state index in [9.17, 15) is 10.1 Å². The first-order chi connectivity index (χ1) is 9.13. The highest BCUT2D eigenvalue weighted by Gasteiger charge is 2.16. The van der Waals surface area contributed by atoms with Gasteiger partial charge in [-0.25, -0.2) is 4.98 Å². The fourth-order valence-electron chi connectivity index (χ4n) is 1.84. The van der Waals surface area contributed by atoms with E-state index in [1.807, 2.05) is 13.0 Å². The Hall–Kier alpha value is -1.66. The number of aliphatic hydroxyl groups excluding tert-OH is 1. The zero-order valence-corrected chi connectivity index (χ0v) is 11.3. The van der Waals surface area contributed by atoms with Crippen LogP contribution in [0.2, 0.25) is 0 Å². The molecule has 5 nitrogen and oxygen atoms in total. The van der Waals surface area contributed by atoms with Gasteiger partial charge < -0.3 is 5.11 Å². The molecule has 19 heavy (non-hydrogen) atoms. The third-order valence-electron chi connectivity index (χ3n) is 2.77. The summed E-state index contributed by atoms with van der Waals surface area (Å²) >= 11 is 1.60. The van der Waals surface area contributed by atoms with Gasteiger partial charge in [-0.3, -0.25) is 10.1 Å². The summed E-state index contributed by atoms with van der Waals surface area (Å²) in [5, 5.41) is 20.9. The fourth-order valence-corrected chi connectivity index (χ4v) is 2.93. The Bertz CT molecular complexity index is 603. The molecule has 1 aromatic carbocycles. The number of aliphatic hydroxyl groups is 1. The van der Waals surface area contributed by atoms with E-state index < -0.39 is 4.92 Å². The smallest absolute Gasteiger partial charge is 0.295 e. The predicted octanol–water partition coefficient (Wildman–Crippen LogP) is 3.01. The maximum Gasteiger partial charge on any atom is 0.295 e. The molecule has 1 N–H and O–H groups in total. The number of hydrogen-bond donors (Lipinski definition) is 1. The molecule has 0 fully saturated rings. The summed E-state index contributed by atoms with van der Waals surface area (Å²) in [7, 11) is 0. The van der Waals surface area contributed by atoms with Crippen LogP contribution in [0.3, 0.4) is 0 Å². The number of benzene rings is 1. The third-order valence-corrected chi connectivity index (χ3v) is 4.02. The summed E-state index contributed by atoms with van der Waals surface area (Å²) in [6.07, 6.45) is 2.24. The number of fused-ring (bicyclic) bond motifs is 1. The van der Waals surface area contributed by atoms with Crippen LogP contribution in [-0.2, 0) is 0 Å². The van der Waals surface area contributed by atoms with Gasteiger partial charge in [-0.1, -0.05) is 6.92 Å². The highest BCUT2D eigenvalue weighted by Crippen LogP contribution is 2.35. The largest absolute Gasteiger partial charge is 0.396 e. The van der Waals surface area contributed by atoms with Crippen molar-refractivity contribution in [3.63, 3.8) is 0 Å². The molecule has 0 saturated carbocycles. The van der Waals surface area contributed by atoms with Crippen molar-refractivity contribution < 1.29 is 10.0 Å². The Labute approximate surface area is 114 Å². The minimum Gasteiger partial charge on any atom is -0.396 e. The van der Waals surface area contributed by atoms with Gasteiger partial charge in [0.05, 0.1) is 4.92 Å². The van der Waals surface area contributed by atoms with Crippen LogP contribution in [0.5, 0.6) is 0 Å². The van der Waals surface area contributed by atoms with Crippen LogP contribution in [0.25, 0.3) is 10.9 Å². The maximum atomic E-state index is 11.0. The molecule has 0 spiro atoms. The summed E-state index contributed by atoms with van der Waals surface area (Å²) in [6, 6.07) is 6.85. The average molecular weight is 278 g/mol. The van der Waals surface area contributed by atoms with E-state index in [0.29, 0.717) is 11.9 Å². The number of aromatic nitrogens is 1. The highest BCUT2D eigenvalue weighted by molar-refractivity contribution is 8.00. The van der Waals surface area contributed by atoms with Crippen molar-refractivity contribution in [3.8, 4) is 0 Å². The van der Waals surface area contributed by atoms with Crippen LogP contribution >= 0.6 is 11.8 Å². The molecule has 0 aliphatic heterocycles. The van der Waals surface area contributed by atoms with Crippen molar-refractivity contribution in [2.24, 2.45) is 0 Å². The normalized spacial score (nSPS) is 12.5. The Morgan fingerprint density at radius 1 is 1.47 bits per heavy atom. The van der Waals surface area contributed by atoms with Crippen molar-refractivity contribution >= 4 is 28.4 Å². The summed E-state index contributed by atoms with van der Waals surface area (Å²) < 4.78 is 0. The van der Waals surface area contributed by atoms with Crippen molar-refractivity contribution in [2.45, 2.75) is 23.5 Å². The molecule has 1 atom stereocenters. The predicted molar refractivity (Wildman–Crippen MR) is 75.4 cm³/mol. The molecule has 0 amide bonds. The first-order valence-electron chi connectivity index (χ1n) is 5.93. The Morgan fingerprint density at radius 2 is 2.26 bits per heavy atom. The van der Waals surface area contributed by atoms with Crippen LogP contribution in [0.15, 0.2) is 35.4 Å². The zero-order valence-electron chi connectivity index (χ0n) is 10.4.